The van der Waals surface area contributed by atoms with Gasteiger partial charge in [-0.3, -0.25) is 0 Å². The van der Waals surface area contributed by atoms with Crippen molar-refractivity contribution in [2.45, 2.75) is 39.8 Å². The highest BCUT2D eigenvalue weighted by molar-refractivity contribution is 5.71. The van der Waals surface area contributed by atoms with E-state index in [1.807, 2.05) is 27.7 Å². The summed E-state index contributed by atoms with van der Waals surface area (Å²) in [6, 6.07) is 3.51. The van der Waals surface area contributed by atoms with Crippen LogP contribution >= 0.6 is 0 Å². The van der Waals surface area contributed by atoms with Crippen LogP contribution in [0.4, 0.5) is 9.18 Å². The Kier molecular flexibility index (Phi) is 3.96. The van der Waals surface area contributed by atoms with Crippen LogP contribution in [0.3, 0.4) is 0 Å². The first-order valence-electron chi connectivity index (χ1n) is 6.09. The van der Waals surface area contributed by atoms with Crippen LogP contribution in [-0.4, -0.2) is 23.1 Å². The fourth-order valence-electron chi connectivity index (χ4n) is 1.65. The van der Waals surface area contributed by atoms with Gasteiger partial charge in [-0.05, 0) is 39.8 Å². The summed E-state index contributed by atoms with van der Waals surface area (Å²) in [7, 11) is 0. The Hall–Kier alpha value is -1.58. The highest BCUT2D eigenvalue weighted by atomic mass is 19.1. The van der Waals surface area contributed by atoms with Gasteiger partial charge in [0, 0.05) is 18.1 Å². The van der Waals surface area contributed by atoms with Crippen LogP contribution < -0.4 is 4.74 Å². The molecule has 1 aromatic carbocycles. The second-order valence-electron chi connectivity index (χ2n) is 4.33. The molecule has 0 aromatic heterocycles. The number of carbonyl (C=O) groups excluding carboxylic acids is 1. The molecule has 0 saturated heterocycles. The molecule has 0 spiro atoms. The molecule has 0 unspecified atom stereocenters. The normalized spacial score (nSPS) is 11.6. The molecule has 94 valence electrons. The van der Waals surface area contributed by atoms with Crippen molar-refractivity contribution < 1.29 is 15.3 Å². The van der Waals surface area contributed by atoms with E-state index in [-0.39, 0.29) is 17.8 Å². The van der Waals surface area contributed by atoms with Gasteiger partial charge in [-0.2, -0.15) is 0 Å². The van der Waals surface area contributed by atoms with Crippen molar-refractivity contribution in [1.29, 1.82) is 0 Å². The molecule has 0 atom stereocenters. The lowest BCUT2D eigenvalue weighted by Gasteiger charge is -2.29. The molecule has 0 fully saturated rings. The molecule has 3 nitrogen and oxygen atoms in total. The molecule has 0 heterocycles. The number of hydrogen-bond acceptors (Lipinski definition) is 2. The van der Waals surface area contributed by atoms with Gasteiger partial charge in [0.05, 0.1) is 1.37 Å². The first-order valence-corrected chi connectivity index (χ1v) is 5.59. The molecular formula is C13H18FNO2. The van der Waals surface area contributed by atoms with Gasteiger partial charge in [0.2, 0.25) is 0 Å². The molecule has 1 rings (SSSR count). The molecule has 0 aliphatic carbocycles. The highest BCUT2D eigenvalue weighted by Crippen LogP contribution is 2.15. The van der Waals surface area contributed by atoms with E-state index in [2.05, 4.69) is 0 Å². The largest absolute Gasteiger partial charge is 0.415 e. The first kappa shape index (κ1) is 11.9. The van der Waals surface area contributed by atoms with E-state index in [0.29, 0.717) is 0 Å². The third-order valence-corrected chi connectivity index (χ3v) is 2.25. The Balaban J connectivity index is 2.90. The number of ether oxygens (including phenoxy) is 1. The predicted octanol–water partition coefficient (Wildman–Crippen LogP) is 3.44. The van der Waals surface area contributed by atoms with Gasteiger partial charge in [-0.1, -0.05) is 6.07 Å². The third kappa shape index (κ3) is 3.73. The lowest BCUT2D eigenvalue weighted by atomic mass is 10.2. The molecular weight excluding hydrogens is 221 g/mol. The number of amides is 1. The Labute approximate surface area is 103 Å². The monoisotopic (exact) mass is 240 g/mol. The minimum Gasteiger partial charge on any atom is -0.410 e. The van der Waals surface area contributed by atoms with Gasteiger partial charge >= 0.3 is 6.09 Å². The van der Waals surface area contributed by atoms with Crippen molar-refractivity contribution in [3.05, 3.63) is 30.1 Å². The van der Waals surface area contributed by atoms with Crippen LogP contribution in [0, 0.1) is 5.82 Å². The Morgan fingerprint density at radius 3 is 2.47 bits per heavy atom. The Bertz CT molecular complexity index is 427. The molecule has 17 heavy (non-hydrogen) atoms. The van der Waals surface area contributed by atoms with Gasteiger partial charge in [0.1, 0.15) is 11.6 Å². The summed E-state index contributed by atoms with van der Waals surface area (Å²) >= 11 is 0. The molecule has 0 aliphatic rings. The minimum atomic E-state index is -0.707. The predicted molar refractivity (Wildman–Crippen MR) is 64.5 cm³/mol. The molecule has 0 bridgehead atoms. The zero-order valence-electron chi connectivity index (χ0n) is 11.5. The zero-order chi connectivity index (χ0) is 13.9. The highest BCUT2D eigenvalue weighted by Gasteiger charge is 2.22. The summed E-state index contributed by atoms with van der Waals surface area (Å²) in [6.07, 6.45) is -0.570. The SMILES string of the molecule is [2H]c1c(F)cccc1OC(=O)N(C(C)C)C(C)C. The van der Waals surface area contributed by atoms with E-state index >= 15 is 0 Å². The molecule has 0 saturated carbocycles. The quantitative estimate of drug-likeness (QED) is 0.810. The van der Waals surface area contributed by atoms with Crippen LogP contribution in [0.2, 0.25) is 0 Å². The van der Waals surface area contributed by atoms with Crippen molar-refractivity contribution in [3.63, 3.8) is 0 Å². The van der Waals surface area contributed by atoms with E-state index in [1.165, 1.54) is 17.0 Å². The standard InChI is InChI=1S/C13H18FNO2/c1-9(2)15(10(3)4)13(16)17-12-7-5-6-11(14)8-12/h5-10H,1-4H3/i8D. The van der Waals surface area contributed by atoms with E-state index in [4.69, 9.17) is 6.11 Å². The first-order chi connectivity index (χ1) is 8.34. The number of rotatable bonds is 3. The molecule has 0 aliphatic heterocycles. The second kappa shape index (κ2) is 5.66. The van der Waals surface area contributed by atoms with Gasteiger partial charge in [0.25, 0.3) is 0 Å². The van der Waals surface area contributed by atoms with Crippen molar-refractivity contribution in [2.24, 2.45) is 0 Å². The second-order valence-corrected chi connectivity index (χ2v) is 4.33. The maximum Gasteiger partial charge on any atom is 0.415 e. The van der Waals surface area contributed by atoms with Gasteiger partial charge in [-0.15, -0.1) is 0 Å². The molecule has 0 N–H and O–H groups in total. The van der Waals surface area contributed by atoms with Crippen LogP contribution in [0.25, 0.3) is 0 Å². The van der Waals surface area contributed by atoms with Crippen molar-refractivity contribution in [3.8, 4) is 5.75 Å². The van der Waals surface area contributed by atoms with Gasteiger partial charge in [0.15, 0.2) is 0 Å². The van der Waals surface area contributed by atoms with E-state index < -0.39 is 18.0 Å². The van der Waals surface area contributed by atoms with Crippen molar-refractivity contribution in [2.75, 3.05) is 0 Å². The molecule has 1 aromatic rings. The maximum atomic E-state index is 13.2. The maximum absolute atomic E-state index is 13.2. The number of benzene rings is 1. The average Bonchev–Trinajstić information content (AvgIpc) is 2.23. The van der Waals surface area contributed by atoms with E-state index in [9.17, 15) is 9.18 Å². The Morgan fingerprint density at radius 2 is 1.94 bits per heavy atom. The molecule has 4 heteroatoms. The van der Waals surface area contributed by atoms with E-state index in [0.717, 1.165) is 6.07 Å². The van der Waals surface area contributed by atoms with Crippen molar-refractivity contribution in [1.82, 2.24) is 4.90 Å². The lowest BCUT2D eigenvalue weighted by molar-refractivity contribution is 0.122. The van der Waals surface area contributed by atoms with Crippen LogP contribution in [-0.2, 0) is 0 Å². The summed E-state index contributed by atoms with van der Waals surface area (Å²) in [6.45, 7) is 7.48. The number of hydrogen-bond donors (Lipinski definition) is 0. The van der Waals surface area contributed by atoms with Crippen LogP contribution in [0.1, 0.15) is 29.1 Å². The number of carbonyl (C=O) groups is 1. The summed E-state index contributed by atoms with van der Waals surface area (Å²) in [5, 5.41) is 0. The van der Waals surface area contributed by atoms with Crippen LogP contribution in [0.5, 0.6) is 5.75 Å². The number of halogens is 1. The molecule has 0 radical (unpaired) electrons. The average molecular weight is 240 g/mol. The summed E-state index contributed by atoms with van der Waals surface area (Å²) in [5.74, 6) is -0.771. The molecule has 1 amide bonds. The van der Waals surface area contributed by atoms with Gasteiger partial charge in [-0.25, -0.2) is 9.18 Å². The topological polar surface area (TPSA) is 29.5 Å². The minimum absolute atomic E-state index is 0.0276. The Morgan fingerprint density at radius 1 is 1.35 bits per heavy atom. The summed E-state index contributed by atoms with van der Waals surface area (Å²) < 4.78 is 25.7. The fraction of sp³-hybridized carbons (Fsp3) is 0.462. The summed E-state index contributed by atoms with van der Waals surface area (Å²) in [5.41, 5.74) is 0. The third-order valence-electron chi connectivity index (χ3n) is 2.25. The van der Waals surface area contributed by atoms with Crippen molar-refractivity contribution >= 4 is 6.09 Å². The van der Waals surface area contributed by atoms with Crippen LogP contribution in [0.15, 0.2) is 24.2 Å². The van der Waals surface area contributed by atoms with E-state index in [1.54, 1.807) is 0 Å². The van der Waals surface area contributed by atoms with Gasteiger partial charge < -0.3 is 9.64 Å². The lowest BCUT2D eigenvalue weighted by Crippen LogP contribution is -2.43. The number of nitrogens with zero attached hydrogens (tertiary/aromatic N) is 1. The summed E-state index contributed by atoms with van der Waals surface area (Å²) in [4.78, 5) is 13.5. The zero-order valence-corrected chi connectivity index (χ0v) is 10.5. The fourth-order valence-corrected chi connectivity index (χ4v) is 1.65. The smallest absolute Gasteiger partial charge is 0.410 e.